The number of hydrogen-bond donors (Lipinski definition) is 4. The molecule has 0 spiro atoms. The normalized spacial score (nSPS) is 37.2. The van der Waals surface area contributed by atoms with Gasteiger partial charge in [0.05, 0.1) is 24.7 Å². The van der Waals surface area contributed by atoms with Gasteiger partial charge in [-0.15, -0.1) is 0 Å². The average Bonchev–Trinajstić information content (AvgIpc) is 2.35. The summed E-state index contributed by atoms with van der Waals surface area (Å²) in [7, 11) is 0. The molecule has 1 aliphatic heterocycles. The lowest BCUT2D eigenvalue weighted by molar-refractivity contribution is -0.241. The smallest absolute Gasteiger partial charge is 0.311 e. The monoisotopic (exact) mass is 278 g/mol. The Bertz CT molecular complexity index is 304. The molecule has 0 aromatic carbocycles. The van der Waals surface area contributed by atoms with Crippen LogP contribution in [0.15, 0.2) is 0 Å². The van der Waals surface area contributed by atoms with E-state index in [0.717, 1.165) is 0 Å². The number of esters is 1. The van der Waals surface area contributed by atoms with E-state index in [1.165, 1.54) is 6.92 Å². The van der Waals surface area contributed by atoms with E-state index in [-0.39, 0.29) is 6.10 Å². The van der Waals surface area contributed by atoms with Crippen molar-refractivity contribution in [3.63, 3.8) is 0 Å². The first-order valence-electron chi connectivity index (χ1n) is 6.30. The molecule has 1 saturated heterocycles. The van der Waals surface area contributed by atoms with Crippen LogP contribution in [0.25, 0.3) is 0 Å². The Labute approximate surface area is 111 Å². The van der Waals surface area contributed by atoms with E-state index in [9.17, 15) is 20.1 Å². The molecule has 7 nitrogen and oxygen atoms in total. The van der Waals surface area contributed by atoms with E-state index in [1.807, 2.05) is 0 Å². The molecule has 2 unspecified atom stereocenters. The lowest BCUT2D eigenvalue weighted by Gasteiger charge is -2.41. The summed E-state index contributed by atoms with van der Waals surface area (Å²) in [6.45, 7) is 4.36. The molecule has 7 heteroatoms. The molecule has 112 valence electrons. The van der Waals surface area contributed by atoms with E-state index < -0.39 is 49.0 Å². The summed E-state index contributed by atoms with van der Waals surface area (Å²) < 4.78 is 10.3. The molecule has 1 aliphatic rings. The van der Waals surface area contributed by atoms with Gasteiger partial charge in [-0.1, -0.05) is 0 Å². The number of carbonyl (C=O) groups excluding carboxylic acids is 1. The average molecular weight is 278 g/mol. The highest BCUT2D eigenvalue weighted by Crippen LogP contribution is 2.26. The molecule has 0 aromatic heterocycles. The molecule has 0 saturated carbocycles. The molecule has 4 N–H and O–H groups in total. The van der Waals surface area contributed by atoms with Crippen molar-refractivity contribution in [1.29, 1.82) is 0 Å². The van der Waals surface area contributed by atoms with E-state index in [0.29, 0.717) is 0 Å². The summed E-state index contributed by atoms with van der Waals surface area (Å²) in [6, 6.07) is 0. The second-order valence-electron chi connectivity index (χ2n) is 5.07. The highest BCUT2D eigenvalue weighted by atomic mass is 16.6. The van der Waals surface area contributed by atoms with Crippen LogP contribution in [-0.4, -0.2) is 69.6 Å². The van der Waals surface area contributed by atoms with Crippen LogP contribution in [0.3, 0.4) is 0 Å². The zero-order valence-corrected chi connectivity index (χ0v) is 11.3. The summed E-state index contributed by atoms with van der Waals surface area (Å²) in [6.07, 6.45) is -6.69. The number of aliphatic hydroxyl groups excluding tert-OH is 4. The Morgan fingerprint density at radius 2 is 1.74 bits per heavy atom. The van der Waals surface area contributed by atoms with Gasteiger partial charge >= 0.3 is 5.97 Å². The number of carbonyl (C=O) groups is 1. The summed E-state index contributed by atoms with van der Waals surface area (Å²) in [5, 5.41) is 38.2. The molecule has 0 bridgehead atoms. The second-order valence-corrected chi connectivity index (χ2v) is 5.07. The van der Waals surface area contributed by atoms with Gasteiger partial charge in [-0.2, -0.15) is 0 Å². The fourth-order valence-electron chi connectivity index (χ4n) is 2.02. The van der Waals surface area contributed by atoms with Crippen LogP contribution in [-0.2, 0) is 14.3 Å². The minimum absolute atomic E-state index is 0.306. The SMILES string of the molecule is CC(C)OC(=O)C(C)C1O[C@H](CO)[C@@H](O)[C@H](O)[C@@H]1O. The van der Waals surface area contributed by atoms with Crippen LogP contribution >= 0.6 is 0 Å². The van der Waals surface area contributed by atoms with Crippen molar-refractivity contribution in [2.45, 2.75) is 57.4 Å². The maximum atomic E-state index is 11.8. The molecule has 0 radical (unpaired) electrons. The Kier molecular flexibility index (Phi) is 5.69. The van der Waals surface area contributed by atoms with Crippen LogP contribution in [0.1, 0.15) is 20.8 Å². The predicted molar refractivity (Wildman–Crippen MR) is 64.2 cm³/mol. The van der Waals surface area contributed by atoms with Gasteiger partial charge in [0.25, 0.3) is 0 Å². The maximum absolute atomic E-state index is 11.8. The molecular weight excluding hydrogens is 256 g/mol. The van der Waals surface area contributed by atoms with Crippen molar-refractivity contribution < 1.29 is 34.7 Å². The minimum Gasteiger partial charge on any atom is -0.463 e. The van der Waals surface area contributed by atoms with Crippen LogP contribution < -0.4 is 0 Å². The first-order valence-corrected chi connectivity index (χ1v) is 6.30. The van der Waals surface area contributed by atoms with E-state index in [4.69, 9.17) is 14.6 Å². The molecule has 1 rings (SSSR count). The van der Waals surface area contributed by atoms with E-state index in [2.05, 4.69) is 0 Å². The number of ether oxygens (including phenoxy) is 2. The van der Waals surface area contributed by atoms with Crippen molar-refractivity contribution in [3.8, 4) is 0 Å². The highest BCUT2D eigenvalue weighted by molar-refractivity contribution is 5.73. The zero-order valence-electron chi connectivity index (χ0n) is 11.3. The van der Waals surface area contributed by atoms with Crippen molar-refractivity contribution >= 4 is 5.97 Å². The van der Waals surface area contributed by atoms with Crippen molar-refractivity contribution in [2.24, 2.45) is 5.92 Å². The lowest BCUT2D eigenvalue weighted by Crippen LogP contribution is -2.60. The molecule has 1 heterocycles. The molecule has 1 fully saturated rings. The standard InChI is InChI=1S/C12H22O7/c1-5(2)18-12(17)6(3)11-10(16)9(15)8(14)7(4-13)19-11/h5-11,13-16H,4H2,1-3H3/t6?,7-,8-,9+,10+,11?/m1/s1. The van der Waals surface area contributed by atoms with E-state index >= 15 is 0 Å². The fourth-order valence-corrected chi connectivity index (χ4v) is 2.02. The van der Waals surface area contributed by atoms with Crippen LogP contribution in [0.5, 0.6) is 0 Å². The van der Waals surface area contributed by atoms with Crippen LogP contribution in [0.4, 0.5) is 0 Å². The largest absolute Gasteiger partial charge is 0.463 e. The Morgan fingerprint density at radius 1 is 1.16 bits per heavy atom. The quantitative estimate of drug-likeness (QED) is 0.458. The minimum atomic E-state index is -1.48. The van der Waals surface area contributed by atoms with Crippen LogP contribution in [0, 0.1) is 5.92 Å². The van der Waals surface area contributed by atoms with Gasteiger partial charge in [-0.3, -0.25) is 4.79 Å². The summed E-state index contributed by atoms with van der Waals surface area (Å²) in [5.41, 5.74) is 0. The van der Waals surface area contributed by atoms with Gasteiger partial charge < -0.3 is 29.9 Å². The summed E-state index contributed by atoms with van der Waals surface area (Å²) in [4.78, 5) is 11.8. The summed E-state index contributed by atoms with van der Waals surface area (Å²) >= 11 is 0. The Hall–Kier alpha value is -0.730. The van der Waals surface area contributed by atoms with Gasteiger partial charge in [-0.25, -0.2) is 0 Å². The van der Waals surface area contributed by atoms with Gasteiger partial charge in [0.2, 0.25) is 0 Å². The third-order valence-corrected chi connectivity index (χ3v) is 3.15. The second kappa shape index (κ2) is 6.62. The fraction of sp³-hybridized carbons (Fsp3) is 0.917. The van der Waals surface area contributed by atoms with Gasteiger partial charge in [0.15, 0.2) is 0 Å². The van der Waals surface area contributed by atoms with Crippen LogP contribution in [0.2, 0.25) is 0 Å². The maximum Gasteiger partial charge on any atom is 0.311 e. The Balaban J connectivity index is 2.77. The highest BCUT2D eigenvalue weighted by Gasteiger charge is 2.47. The summed E-state index contributed by atoms with van der Waals surface area (Å²) in [5.74, 6) is -1.40. The van der Waals surface area contributed by atoms with Gasteiger partial charge in [0.1, 0.15) is 24.4 Å². The molecule has 0 amide bonds. The van der Waals surface area contributed by atoms with E-state index in [1.54, 1.807) is 13.8 Å². The van der Waals surface area contributed by atoms with Gasteiger partial charge in [-0.05, 0) is 20.8 Å². The molecule has 0 aliphatic carbocycles. The lowest BCUT2D eigenvalue weighted by atomic mass is 9.89. The first-order chi connectivity index (χ1) is 8.79. The van der Waals surface area contributed by atoms with Crippen molar-refractivity contribution in [1.82, 2.24) is 0 Å². The van der Waals surface area contributed by atoms with Gasteiger partial charge in [0, 0.05) is 0 Å². The van der Waals surface area contributed by atoms with Crippen molar-refractivity contribution in [3.05, 3.63) is 0 Å². The Morgan fingerprint density at radius 3 is 2.21 bits per heavy atom. The third kappa shape index (κ3) is 3.64. The topological polar surface area (TPSA) is 116 Å². The first kappa shape index (κ1) is 16.3. The molecule has 19 heavy (non-hydrogen) atoms. The third-order valence-electron chi connectivity index (χ3n) is 3.15. The molecule has 0 aromatic rings. The zero-order chi connectivity index (χ0) is 14.7. The number of hydrogen-bond acceptors (Lipinski definition) is 7. The number of rotatable bonds is 4. The number of aliphatic hydroxyl groups is 4. The molecule has 6 atom stereocenters. The van der Waals surface area contributed by atoms with Crippen molar-refractivity contribution in [2.75, 3.05) is 6.61 Å². The molecular formula is C12H22O7. The predicted octanol–water partition coefficient (Wildman–Crippen LogP) is -1.58.